The number of halogens is 2. The Morgan fingerprint density at radius 2 is 1.66 bits per heavy atom. The van der Waals surface area contributed by atoms with Gasteiger partial charge in [0.15, 0.2) is 11.5 Å². The van der Waals surface area contributed by atoms with Gasteiger partial charge in [0.1, 0.15) is 12.4 Å². The standard InChI is InChI=1S/C24H25BrFNO2/c1-3-28-23-13-19(15-27-14-18-10-8-17(2)9-11-18)12-21(25)24(23)29-16-20-6-4-5-7-22(20)26/h4-13,27H,3,14-16H2,1-2H3. The zero-order chi connectivity index (χ0) is 20.6. The van der Waals surface area contributed by atoms with Crippen LogP contribution in [-0.4, -0.2) is 6.61 Å². The lowest BCUT2D eigenvalue weighted by Gasteiger charge is -2.16. The highest BCUT2D eigenvalue weighted by molar-refractivity contribution is 9.10. The minimum atomic E-state index is -0.279. The monoisotopic (exact) mass is 457 g/mol. The second-order valence-corrected chi connectivity index (χ2v) is 7.66. The lowest BCUT2D eigenvalue weighted by atomic mass is 10.1. The first-order chi connectivity index (χ1) is 14.1. The molecular weight excluding hydrogens is 433 g/mol. The summed E-state index contributed by atoms with van der Waals surface area (Å²) in [6, 6.07) is 19.1. The Labute approximate surface area is 180 Å². The first-order valence-corrected chi connectivity index (χ1v) is 10.4. The van der Waals surface area contributed by atoms with E-state index in [9.17, 15) is 4.39 Å². The number of rotatable bonds is 9. The number of benzene rings is 3. The molecule has 0 saturated heterocycles. The number of hydrogen-bond donors (Lipinski definition) is 1. The van der Waals surface area contributed by atoms with E-state index >= 15 is 0 Å². The third kappa shape index (κ3) is 6.05. The quantitative estimate of drug-likeness (QED) is 0.417. The van der Waals surface area contributed by atoms with Crippen LogP contribution < -0.4 is 14.8 Å². The molecule has 3 aromatic rings. The van der Waals surface area contributed by atoms with Crippen LogP contribution in [0.1, 0.15) is 29.2 Å². The maximum Gasteiger partial charge on any atom is 0.175 e. The normalized spacial score (nSPS) is 10.8. The van der Waals surface area contributed by atoms with E-state index in [0.29, 0.717) is 30.2 Å². The van der Waals surface area contributed by atoms with Crippen molar-refractivity contribution in [1.82, 2.24) is 5.32 Å². The van der Waals surface area contributed by atoms with Gasteiger partial charge in [-0.05, 0) is 59.1 Å². The van der Waals surface area contributed by atoms with Gasteiger partial charge in [0.25, 0.3) is 0 Å². The Kier molecular flexibility index (Phi) is 7.67. The Morgan fingerprint density at radius 3 is 2.38 bits per heavy atom. The van der Waals surface area contributed by atoms with Crippen LogP contribution in [0.15, 0.2) is 65.1 Å². The Hall–Kier alpha value is -2.37. The van der Waals surface area contributed by atoms with Crippen molar-refractivity contribution < 1.29 is 13.9 Å². The highest BCUT2D eigenvalue weighted by Crippen LogP contribution is 2.37. The molecule has 0 spiro atoms. The summed E-state index contributed by atoms with van der Waals surface area (Å²) in [6.45, 7) is 6.14. The molecule has 152 valence electrons. The largest absolute Gasteiger partial charge is 0.490 e. The van der Waals surface area contributed by atoms with Gasteiger partial charge in [-0.2, -0.15) is 0 Å². The smallest absolute Gasteiger partial charge is 0.175 e. The Bertz CT molecular complexity index is 944. The highest BCUT2D eigenvalue weighted by atomic mass is 79.9. The molecule has 0 bridgehead atoms. The highest BCUT2D eigenvalue weighted by Gasteiger charge is 2.13. The van der Waals surface area contributed by atoms with Gasteiger partial charge in [0.05, 0.1) is 11.1 Å². The lowest BCUT2D eigenvalue weighted by Crippen LogP contribution is -2.13. The molecule has 0 fully saturated rings. The summed E-state index contributed by atoms with van der Waals surface area (Å²) in [4.78, 5) is 0. The van der Waals surface area contributed by atoms with Gasteiger partial charge in [0.2, 0.25) is 0 Å². The minimum Gasteiger partial charge on any atom is -0.490 e. The molecule has 0 atom stereocenters. The molecule has 0 aromatic heterocycles. The summed E-state index contributed by atoms with van der Waals surface area (Å²) in [5, 5.41) is 3.45. The third-order valence-corrected chi connectivity index (χ3v) is 5.07. The fourth-order valence-electron chi connectivity index (χ4n) is 2.95. The van der Waals surface area contributed by atoms with Crippen LogP contribution in [0.5, 0.6) is 11.5 Å². The minimum absolute atomic E-state index is 0.135. The number of hydrogen-bond acceptors (Lipinski definition) is 3. The van der Waals surface area contributed by atoms with Crippen molar-refractivity contribution in [2.24, 2.45) is 0 Å². The van der Waals surface area contributed by atoms with Crippen molar-refractivity contribution in [3.8, 4) is 11.5 Å². The molecule has 5 heteroatoms. The van der Waals surface area contributed by atoms with E-state index in [2.05, 4.69) is 52.4 Å². The maximum absolute atomic E-state index is 13.9. The van der Waals surface area contributed by atoms with E-state index in [-0.39, 0.29) is 12.4 Å². The van der Waals surface area contributed by atoms with E-state index in [1.807, 2.05) is 19.1 Å². The molecule has 3 nitrogen and oxygen atoms in total. The van der Waals surface area contributed by atoms with E-state index in [1.165, 1.54) is 17.2 Å². The van der Waals surface area contributed by atoms with E-state index in [1.54, 1.807) is 18.2 Å². The van der Waals surface area contributed by atoms with Crippen LogP contribution in [-0.2, 0) is 19.7 Å². The summed E-state index contributed by atoms with van der Waals surface area (Å²) in [6.07, 6.45) is 0. The molecule has 0 aliphatic heterocycles. The van der Waals surface area contributed by atoms with E-state index < -0.39 is 0 Å². The summed E-state index contributed by atoms with van der Waals surface area (Å²) in [7, 11) is 0. The van der Waals surface area contributed by atoms with Crippen LogP contribution >= 0.6 is 15.9 Å². The third-order valence-electron chi connectivity index (χ3n) is 4.48. The van der Waals surface area contributed by atoms with Crippen molar-refractivity contribution in [3.05, 3.63) is 93.2 Å². The predicted octanol–water partition coefficient (Wildman–Crippen LogP) is 6.16. The zero-order valence-corrected chi connectivity index (χ0v) is 18.3. The average Bonchev–Trinajstić information content (AvgIpc) is 2.70. The molecule has 1 N–H and O–H groups in total. The second-order valence-electron chi connectivity index (χ2n) is 6.81. The SMILES string of the molecule is CCOc1cc(CNCc2ccc(C)cc2)cc(Br)c1OCc1ccccc1F. The van der Waals surface area contributed by atoms with Gasteiger partial charge in [-0.3, -0.25) is 0 Å². The van der Waals surface area contributed by atoms with Gasteiger partial charge in [0, 0.05) is 18.7 Å². The Balaban J connectivity index is 1.68. The maximum atomic E-state index is 13.9. The number of ether oxygens (including phenoxy) is 2. The van der Waals surface area contributed by atoms with Crippen molar-refractivity contribution in [2.75, 3.05) is 6.61 Å². The molecule has 3 aromatic carbocycles. The topological polar surface area (TPSA) is 30.5 Å². The van der Waals surface area contributed by atoms with Gasteiger partial charge >= 0.3 is 0 Å². The molecule has 3 rings (SSSR count). The van der Waals surface area contributed by atoms with Gasteiger partial charge < -0.3 is 14.8 Å². The van der Waals surface area contributed by atoms with Crippen LogP contribution in [0, 0.1) is 12.7 Å². The molecule has 0 heterocycles. The Morgan fingerprint density at radius 1 is 0.931 bits per heavy atom. The summed E-state index contributed by atoms with van der Waals surface area (Å²) < 4.78 is 26.3. The van der Waals surface area contributed by atoms with Gasteiger partial charge in [-0.25, -0.2) is 4.39 Å². The van der Waals surface area contributed by atoms with Gasteiger partial charge in [-0.1, -0.05) is 48.0 Å². The molecule has 0 amide bonds. The fourth-order valence-corrected chi connectivity index (χ4v) is 3.55. The van der Waals surface area contributed by atoms with Crippen LogP contribution in [0.25, 0.3) is 0 Å². The van der Waals surface area contributed by atoms with Crippen LogP contribution in [0.2, 0.25) is 0 Å². The number of aryl methyl sites for hydroxylation is 1. The van der Waals surface area contributed by atoms with Crippen LogP contribution in [0.4, 0.5) is 4.39 Å². The van der Waals surface area contributed by atoms with E-state index in [0.717, 1.165) is 16.6 Å². The van der Waals surface area contributed by atoms with E-state index in [4.69, 9.17) is 9.47 Å². The molecule has 0 aliphatic rings. The van der Waals surface area contributed by atoms with Crippen molar-refractivity contribution in [1.29, 1.82) is 0 Å². The number of nitrogens with one attached hydrogen (secondary N) is 1. The van der Waals surface area contributed by atoms with Crippen molar-refractivity contribution >= 4 is 15.9 Å². The van der Waals surface area contributed by atoms with Crippen molar-refractivity contribution in [3.63, 3.8) is 0 Å². The fraction of sp³-hybridized carbons (Fsp3) is 0.250. The molecular formula is C24H25BrFNO2. The predicted molar refractivity (Wildman–Crippen MR) is 118 cm³/mol. The summed E-state index contributed by atoms with van der Waals surface area (Å²) in [5.74, 6) is 0.946. The van der Waals surface area contributed by atoms with Crippen LogP contribution in [0.3, 0.4) is 0 Å². The molecule has 29 heavy (non-hydrogen) atoms. The average molecular weight is 458 g/mol. The molecule has 0 aliphatic carbocycles. The first-order valence-electron chi connectivity index (χ1n) is 9.64. The first kappa shape index (κ1) is 21.3. The summed E-state index contributed by atoms with van der Waals surface area (Å²) >= 11 is 3.58. The van der Waals surface area contributed by atoms with Gasteiger partial charge in [-0.15, -0.1) is 0 Å². The second kappa shape index (κ2) is 10.4. The lowest BCUT2D eigenvalue weighted by molar-refractivity contribution is 0.264. The molecule has 0 radical (unpaired) electrons. The van der Waals surface area contributed by atoms with Crippen molar-refractivity contribution in [2.45, 2.75) is 33.5 Å². The molecule has 0 saturated carbocycles. The zero-order valence-electron chi connectivity index (χ0n) is 16.7. The molecule has 0 unspecified atom stereocenters. The summed E-state index contributed by atoms with van der Waals surface area (Å²) in [5.41, 5.74) is 4.07.